The summed E-state index contributed by atoms with van der Waals surface area (Å²) in [4.78, 5) is 35.1. The molecule has 1 unspecified atom stereocenters. The zero-order valence-electron chi connectivity index (χ0n) is 12.3. The summed E-state index contributed by atoms with van der Waals surface area (Å²) in [7, 11) is 0. The second kappa shape index (κ2) is 5.85. The number of hydrogen-bond acceptors (Lipinski definition) is 4. The quantitative estimate of drug-likeness (QED) is 0.731. The monoisotopic (exact) mass is 291 g/mol. The summed E-state index contributed by atoms with van der Waals surface area (Å²) >= 11 is 0. The van der Waals surface area contributed by atoms with E-state index in [9.17, 15) is 9.59 Å². The van der Waals surface area contributed by atoms with Crippen molar-refractivity contribution in [1.29, 1.82) is 0 Å². The van der Waals surface area contributed by atoms with Gasteiger partial charge in [-0.25, -0.2) is 4.98 Å². The molecule has 0 bridgehead atoms. The van der Waals surface area contributed by atoms with Crippen molar-refractivity contribution in [3.63, 3.8) is 0 Å². The molecule has 0 aliphatic carbocycles. The summed E-state index contributed by atoms with van der Waals surface area (Å²) < 4.78 is 0. The molecule has 21 heavy (non-hydrogen) atoms. The average molecular weight is 291 g/mol. The number of nitrogens with one attached hydrogen (secondary N) is 2. The predicted molar refractivity (Wildman–Crippen MR) is 76.4 cm³/mol. The molecule has 0 saturated carbocycles. The normalized spacial score (nSPS) is 22.6. The topological polar surface area (TPSA) is 81.3 Å². The molecule has 0 radical (unpaired) electrons. The van der Waals surface area contributed by atoms with Crippen LogP contribution in [0.3, 0.4) is 0 Å². The summed E-state index contributed by atoms with van der Waals surface area (Å²) in [5.41, 5.74) is 2.05. The molecule has 1 fully saturated rings. The zero-order chi connectivity index (χ0) is 14.8. The fourth-order valence-corrected chi connectivity index (χ4v) is 3.02. The summed E-state index contributed by atoms with van der Waals surface area (Å²) in [6.45, 7) is 4.93. The molecule has 7 nitrogen and oxygen atoms in total. The molecular weight excluding hydrogens is 270 g/mol. The Hall–Kier alpha value is -1.89. The third-order valence-corrected chi connectivity index (χ3v) is 4.28. The molecule has 1 saturated heterocycles. The standard InChI is InChI=1S/C14H21N5O2/c1-10(20)18-3-2-4-19(6-5-18)14(21)12-7-11-13(8-15-12)17-9-16-11/h9,12,15H,2-8H2,1H3,(H,16,17). The second-order valence-corrected chi connectivity index (χ2v) is 5.65. The smallest absolute Gasteiger partial charge is 0.240 e. The van der Waals surface area contributed by atoms with E-state index in [-0.39, 0.29) is 17.9 Å². The van der Waals surface area contributed by atoms with Crippen molar-refractivity contribution in [1.82, 2.24) is 25.1 Å². The fourth-order valence-electron chi connectivity index (χ4n) is 3.02. The third kappa shape index (κ3) is 2.92. The highest BCUT2D eigenvalue weighted by molar-refractivity contribution is 5.82. The Morgan fingerprint density at radius 2 is 2.00 bits per heavy atom. The maximum absolute atomic E-state index is 12.6. The Kier molecular flexibility index (Phi) is 3.92. The highest BCUT2D eigenvalue weighted by Gasteiger charge is 2.30. The predicted octanol–water partition coefficient (Wildman–Crippen LogP) is -0.495. The van der Waals surface area contributed by atoms with E-state index in [1.54, 1.807) is 13.3 Å². The SMILES string of the molecule is CC(=O)N1CCCN(C(=O)C2Cc3nc[nH]c3CN2)CC1. The number of aromatic nitrogens is 2. The van der Waals surface area contributed by atoms with E-state index in [1.807, 2.05) is 9.80 Å². The van der Waals surface area contributed by atoms with Crippen LogP contribution in [-0.2, 0) is 22.6 Å². The van der Waals surface area contributed by atoms with Gasteiger partial charge in [-0.15, -0.1) is 0 Å². The molecule has 2 amide bonds. The van der Waals surface area contributed by atoms with Crippen LogP contribution in [0.2, 0.25) is 0 Å². The van der Waals surface area contributed by atoms with E-state index >= 15 is 0 Å². The fraction of sp³-hybridized carbons (Fsp3) is 0.643. The average Bonchev–Trinajstić information content (AvgIpc) is 2.80. The van der Waals surface area contributed by atoms with Gasteiger partial charge in [-0.3, -0.25) is 14.9 Å². The van der Waals surface area contributed by atoms with E-state index in [1.165, 1.54) is 0 Å². The molecule has 2 aliphatic heterocycles. The molecule has 114 valence electrons. The molecule has 2 aliphatic rings. The molecule has 0 aromatic carbocycles. The summed E-state index contributed by atoms with van der Waals surface area (Å²) in [6, 6.07) is -0.204. The Bertz CT molecular complexity index is 541. The molecule has 1 aromatic heterocycles. The van der Waals surface area contributed by atoms with Crippen molar-refractivity contribution in [2.45, 2.75) is 32.4 Å². The van der Waals surface area contributed by atoms with Gasteiger partial charge in [0.15, 0.2) is 0 Å². The second-order valence-electron chi connectivity index (χ2n) is 5.65. The summed E-state index contributed by atoms with van der Waals surface area (Å²) in [5.74, 6) is 0.204. The van der Waals surface area contributed by atoms with Crippen LogP contribution in [0.15, 0.2) is 6.33 Å². The van der Waals surface area contributed by atoms with Gasteiger partial charge < -0.3 is 14.8 Å². The summed E-state index contributed by atoms with van der Waals surface area (Å²) in [5, 5.41) is 3.27. The molecule has 2 N–H and O–H groups in total. The van der Waals surface area contributed by atoms with Gasteiger partial charge in [-0.2, -0.15) is 0 Å². The van der Waals surface area contributed by atoms with Crippen molar-refractivity contribution >= 4 is 11.8 Å². The summed E-state index contributed by atoms with van der Waals surface area (Å²) in [6.07, 6.45) is 3.14. The van der Waals surface area contributed by atoms with Gasteiger partial charge in [0.25, 0.3) is 0 Å². The van der Waals surface area contributed by atoms with Crippen LogP contribution in [0, 0.1) is 0 Å². The number of aromatic amines is 1. The highest BCUT2D eigenvalue weighted by atomic mass is 16.2. The minimum Gasteiger partial charge on any atom is -0.347 e. The first-order valence-corrected chi connectivity index (χ1v) is 7.44. The number of amides is 2. The number of fused-ring (bicyclic) bond motifs is 1. The molecule has 3 rings (SSSR count). The van der Waals surface area contributed by atoms with Gasteiger partial charge in [0.2, 0.25) is 11.8 Å². The van der Waals surface area contributed by atoms with Gasteiger partial charge in [0, 0.05) is 46.1 Å². The lowest BCUT2D eigenvalue weighted by Gasteiger charge is -2.29. The van der Waals surface area contributed by atoms with Gasteiger partial charge in [-0.1, -0.05) is 0 Å². The number of nitrogens with zero attached hydrogens (tertiary/aromatic N) is 3. The zero-order valence-corrected chi connectivity index (χ0v) is 12.3. The Balaban J connectivity index is 1.62. The van der Waals surface area contributed by atoms with Crippen molar-refractivity contribution < 1.29 is 9.59 Å². The van der Waals surface area contributed by atoms with E-state index in [4.69, 9.17) is 0 Å². The maximum Gasteiger partial charge on any atom is 0.240 e. The van der Waals surface area contributed by atoms with Crippen molar-refractivity contribution in [2.75, 3.05) is 26.2 Å². The molecule has 1 aromatic rings. The third-order valence-electron chi connectivity index (χ3n) is 4.28. The lowest BCUT2D eigenvalue weighted by atomic mass is 10.0. The van der Waals surface area contributed by atoms with Crippen molar-refractivity contribution in [2.24, 2.45) is 0 Å². The van der Waals surface area contributed by atoms with Crippen LogP contribution in [0.1, 0.15) is 24.7 Å². The van der Waals surface area contributed by atoms with Crippen LogP contribution in [0.4, 0.5) is 0 Å². The minimum absolute atomic E-state index is 0.0845. The van der Waals surface area contributed by atoms with Crippen LogP contribution < -0.4 is 5.32 Å². The number of H-pyrrole nitrogens is 1. The lowest BCUT2D eigenvalue weighted by molar-refractivity contribution is -0.134. The maximum atomic E-state index is 12.6. The first-order chi connectivity index (χ1) is 10.1. The van der Waals surface area contributed by atoms with Gasteiger partial charge in [-0.05, 0) is 6.42 Å². The molecular formula is C14H21N5O2. The number of hydrogen-bond donors (Lipinski definition) is 2. The van der Waals surface area contributed by atoms with Crippen LogP contribution in [0.5, 0.6) is 0 Å². The molecule has 1 atom stereocenters. The van der Waals surface area contributed by atoms with Crippen molar-refractivity contribution in [3.05, 3.63) is 17.7 Å². The van der Waals surface area contributed by atoms with E-state index < -0.39 is 0 Å². The lowest BCUT2D eigenvalue weighted by Crippen LogP contribution is -2.50. The van der Waals surface area contributed by atoms with Gasteiger partial charge in [0.05, 0.1) is 23.8 Å². The molecule has 7 heteroatoms. The van der Waals surface area contributed by atoms with E-state index in [2.05, 4.69) is 15.3 Å². The van der Waals surface area contributed by atoms with Gasteiger partial charge in [0.1, 0.15) is 0 Å². The van der Waals surface area contributed by atoms with Crippen LogP contribution in [0.25, 0.3) is 0 Å². The Morgan fingerprint density at radius 1 is 1.24 bits per heavy atom. The number of imidazole rings is 1. The van der Waals surface area contributed by atoms with E-state index in [0.29, 0.717) is 32.6 Å². The largest absolute Gasteiger partial charge is 0.347 e. The highest BCUT2D eigenvalue weighted by Crippen LogP contribution is 2.15. The van der Waals surface area contributed by atoms with Crippen LogP contribution in [-0.4, -0.2) is 63.8 Å². The number of carbonyl (C=O) groups is 2. The van der Waals surface area contributed by atoms with Crippen molar-refractivity contribution in [3.8, 4) is 0 Å². The Labute approximate surface area is 123 Å². The van der Waals surface area contributed by atoms with E-state index in [0.717, 1.165) is 24.4 Å². The number of carbonyl (C=O) groups excluding carboxylic acids is 2. The van der Waals surface area contributed by atoms with Crippen LogP contribution >= 0.6 is 0 Å². The first-order valence-electron chi connectivity index (χ1n) is 7.44. The molecule has 0 spiro atoms. The van der Waals surface area contributed by atoms with Gasteiger partial charge >= 0.3 is 0 Å². The first kappa shape index (κ1) is 14.1. The Morgan fingerprint density at radius 3 is 2.81 bits per heavy atom. The minimum atomic E-state index is -0.204. The molecule has 3 heterocycles. The number of rotatable bonds is 1.